The number of nitrogens with zero attached hydrogens (tertiary/aromatic N) is 1. The number of carbonyl (C=O) groups is 1. The lowest BCUT2D eigenvalue weighted by Gasteiger charge is -2.37. The van der Waals surface area contributed by atoms with Gasteiger partial charge in [-0.1, -0.05) is 12.1 Å². The van der Waals surface area contributed by atoms with Crippen LogP contribution >= 0.6 is 12.4 Å². The minimum atomic E-state index is -0.254. The van der Waals surface area contributed by atoms with Gasteiger partial charge in [-0.2, -0.15) is 0 Å². The zero-order valence-corrected chi connectivity index (χ0v) is 14.7. The van der Waals surface area contributed by atoms with E-state index in [0.29, 0.717) is 19.5 Å². The molecule has 0 saturated carbocycles. The standard InChI is InChI=1S/C18H25FN2O2.ClH/c19-15-5-3-4-14(12-15)17-13-20-9-10-21(17)18(22)8-7-16-6-1-2-11-23-16;/h3-5,12,16-17,20H,1-2,6-11,13H2;1H. The van der Waals surface area contributed by atoms with Crippen molar-refractivity contribution in [3.05, 3.63) is 35.6 Å². The highest BCUT2D eigenvalue weighted by Crippen LogP contribution is 2.25. The summed E-state index contributed by atoms with van der Waals surface area (Å²) < 4.78 is 19.2. The molecule has 2 aliphatic rings. The number of hydrogen-bond donors (Lipinski definition) is 1. The van der Waals surface area contributed by atoms with Crippen LogP contribution in [0.15, 0.2) is 24.3 Å². The van der Waals surface area contributed by atoms with E-state index in [1.165, 1.54) is 18.6 Å². The first kappa shape index (κ1) is 19.2. The predicted molar refractivity (Wildman–Crippen MR) is 93.8 cm³/mol. The summed E-state index contributed by atoms with van der Waals surface area (Å²) in [6.45, 7) is 2.95. The number of piperazine rings is 1. The van der Waals surface area contributed by atoms with E-state index in [0.717, 1.165) is 38.0 Å². The minimum absolute atomic E-state index is 0. The zero-order chi connectivity index (χ0) is 16.1. The Bertz CT molecular complexity index is 538. The lowest BCUT2D eigenvalue weighted by atomic mass is 10.0. The lowest BCUT2D eigenvalue weighted by molar-refractivity contribution is -0.135. The molecule has 4 nitrogen and oxygen atoms in total. The van der Waals surface area contributed by atoms with Gasteiger partial charge in [0.25, 0.3) is 0 Å². The number of ether oxygens (including phenoxy) is 1. The fourth-order valence-electron chi connectivity index (χ4n) is 3.48. The second-order valence-electron chi connectivity index (χ2n) is 6.39. The second kappa shape index (κ2) is 9.35. The van der Waals surface area contributed by atoms with Gasteiger partial charge in [0.05, 0.1) is 12.1 Å². The molecule has 0 aliphatic carbocycles. The minimum Gasteiger partial charge on any atom is -0.378 e. The van der Waals surface area contributed by atoms with Gasteiger partial charge in [0, 0.05) is 32.7 Å². The van der Waals surface area contributed by atoms with E-state index in [4.69, 9.17) is 4.74 Å². The molecule has 2 aliphatic heterocycles. The van der Waals surface area contributed by atoms with E-state index in [2.05, 4.69) is 5.32 Å². The number of rotatable bonds is 4. The molecule has 1 amide bonds. The van der Waals surface area contributed by atoms with Gasteiger partial charge in [0.2, 0.25) is 5.91 Å². The van der Waals surface area contributed by atoms with Crippen LogP contribution in [0.25, 0.3) is 0 Å². The molecular weight excluding hydrogens is 331 g/mol. The summed E-state index contributed by atoms with van der Waals surface area (Å²) in [4.78, 5) is 14.6. The number of amides is 1. The highest BCUT2D eigenvalue weighted by Gasteiger charge is 2.28. The first-order valence-electron chi connectivity index (χ1n) is 8.61. The molecule has 3 rings (SSSR count). The van der Waals surface area contributed by atoms with Gasteiger partial charge in [-0.15, -0.1) is 12.4 Å². The number of carbonyl (C=O) groups excluding carboxylic acids is 1. The molecule has 2 unspecified atom stereocenters. The molecule has 24 heavy (non-hydrogen) atoms. The summed E-state index contributed by atoms with van der Waals surface area (Å²) in [6, 6.07) is 6.48. The maximum atomic E-state index is 13.5. The molecule has 0 aromatic heterocycles. The van der Waals surface area contributed by atoms with Crippen molar-refractivity contribution in [1.82, 2.24) is 10.2 Å². The van der Waals surface area contributed by atoms with Gasteiger partial charge in [-0.25, -0.2) is 4.39 Å². The molecule has 134 valence electrons. The molecule has 2 saturated heterocycles. The summed E-state index contributed by atoms with van der Waals surface area (Å²) in [7, 11) is 0. The molecule has 0 radical (unpaired) electrons. The van der Waals surface area contributed by atoms with Crippen molar-refractivity contribution in [3.63, 3.8) is 0 Å². The fourth-order valence-corrected chi connectivity index (χ4v) is 3.48. The first-order chi connectivity index (χ1) is 11.2. The number of nitrogens with one attached hydrogen (secondary N) is 1. The SMILES string of the molecule is Cl.O=C(CCC1CCCCO1)N1CCNCC1c1cccc(F)c1. The second-order valence-corrected chi connectivity index (χ2v) is 6.39. The molecule has 6 heteroatoms. The van der Waals surface area contributed by atoms with Crippen molar-refractivity contribution in [2.75, 3.05) is 26.2 Å². The third-order valence-electron chi connectivity index (χ3n) is 4.75. The van der Waals surface area contributed by atoms with Gasteiger partial charge >= 0.3 is 0 Å². The van der Waals surface area contributed by atoms with E-state index >= 15 is 0 Å². The van der Waals surface area contributed by atoms with Gasteiger partial charge in [-0.05, 0) is 43.4 Å². The zero-order valence-electron chi connectivity index (χ0n) is 13.9. The molecule has 2 atom stereocenters. The molecule has 0 spiro atoms. The van der Waals surface area contributed by atoms with Crippen LogP contribution in [0.3, 0.4) is 0 Å². The van der Waals surface area contributed by atoms with Crippen LogP contribution in [0.4, 0.5) is 4.39 Å². The third-order valence-corrected chi connectivity index (χ3v) is 4.75. The van der Waals surface area contributed by atoms with Crippen molar-refractivity contribution in [1.29, 1.82) is 0 Å². The van der Waals surface area contributed by atoms with Crippen LogP contribution < -0.4 is 5.32 Å². The molecule has 0 bridgehead atoms. The van der Waals surface area contributed by atoms with Crippen LogP contribution in [-0.4, -0.2) is 43.2 Å². The lowest BCUT2D eigenvalue weighted by Crippen LogP contribution is -2.48. The average molecular weight is 357 g/mol. The molecule has 2 heterocycles. The smallest absolute Gasteiger partial charge is 0.223 e. The first-order valence-corrected chi connectivity index (χ1v) is 8.61. The summed E-state index contributed by atoms with van der Waals surface area (Å²) in [5, 5.41) is 3.30. The monoisotopic (exact) mass is 356 g/mol. The Balaban J connectivity index is 0.00000208. The Kier molecular flexibility index (Phi) is 7.46. The summed E-state index contributed by atoms with van der Waals surface area (Å²) in [5.41, 5.74) is 0.861. The van der Waals surface area contributed by atoms with Gasteiger partial charge in [0.15, 0.2) is 0 Å². The quantitative estimate of drug-likeness (QED) is 0.901. The molecule has 1 aromatic rings. The Morgan fingerprint density at radius 1 is 1.38 bits per heavy atom. The van der Waals surface area contributed by atoms with Gasteiger partial charge < -0.3 is 15.0 Å². The maximum absolute atomic E-state index is 13.5. The van der Waals surface area contributed by atoms with E-state index in [9.17, 15) is 9.18 Å². The van der Waals surface area contributed by atoms with Crippen LogP contribution in [0.1, 0.15) is 43.7 Å². The van der Waals surface area contributed by atoms with Crippen molar-refractivity contribution >= 4 is 18.3 Å². The highest BCUT2D eigenvalue weighted by molar-refractivity contribution is 5.85. The van der Waals surface area contributed by atoms with Crippen LogP contribution in [0.2, 0.25) is 0 Å². The van der Waals surface area contributed by atoms with Crippen LogP contribution in [0.5, 0.6) is 0 Å². The molecule has 2 fully saturated rings. The van der Waals surface area contributed by atoms with Gasteiger partial charge in [-0.3, -0.25) is 4.79 Å². The van der Waals surface area contributed by atoms with Crippen molar-refractivity contribution in [2.24, 2.45) is 0 Å². The largest absolute Gasteiger partial charge is 0.378 e. The Labute approximate surface area is 149 Å². The fraction of sp³-hybridized carbons (Fsp3) is 0.611. The van der Waals surface area contributed by atoms with E-state index in [1.807, 2.05) is 11.0 Å². The Morgan fingerprint density at radius 3 is 3.00 bits per heavy atom. The van der Waals surface area contributed by atoms with Crippen molar-refractivity contribution in [3.8, 4) is 0 Å². The van der Waals surface area contributed by atoms with Crippen molar-refractivity contribution in [2.45, 2.75) is 44.2 Å². The topological polar surface area (TPSA) is 41.6 Å². The summed E-state index contributed by atoms with van der Waals surface area (Å²) in [6.07, 6.45) is 4.91. The van der Waals surface area contributed by atoms with E-state index in [1.54, 1.807) is 6.07 Å². The van der Waals surface area contributed by atoms with E-state index < -0.39 is 0 Å². The molecule has 1 aromatic carbocycles. The van der Waals surface area contributed by atoms with Crippen LogP contribution in [0, 0.1) is 5.82 Å². The normalized spacial score (nSPS) is 24.3. The number of hydrogen-bond acceptors (Lipinski definition) is 3. The summed E-state index contributed by atoms with van der Waals surface area (Å²) in [5.74, 6) is -0.106. The average Bonchev–Trinajstić information content (AvgIpc) is 2.60. The summed E-state index contributed by atoms with van der Waals surface area (Å²) >= 11 is 0. The van der Waals surface area contributed by atoms with Crippen LogP contribution in [-0.2, 0) is 9.53 Å². The number of benzene rings is 1. The van der Waals surface area contributed by atoms with E-state index in [-0.39, 0.29) is 36.3 Å². The van der Waals surface area contributed by atoms with Gasteiger partial charge in [0.1, 0.15) is 5.82 Å². The predicted octanol–water partition coefficient (Wildman–Crippen LogP) is 3.07. The Hall–Kier alpha value is -1.17. The highest BCUT2D eigenvalue weighted by atomic mass is 35.5. The van der Waals surface area contributed by atoms with Crippen molar-refractivity contribution < 1.29 is 13.9 Å². The number of halogens is 2. The Morgan fingerprint density at radius 2 is 2.25 bits per heavy atom. The molecule has 1 N–H and O–H groups in total. The molecular formula is C18H26ClFN2O2. The maximum Gasteiger partial charge on any atom is 0.223 e. The third kappa shape index (κ3) is 4.91.